The lowest BCUT2D eigenvalue weighted by molar-refractivity contribution is 0.466. The molecule has 0 aromatic carbocycles. The first-order valence-electron chi connectivity index (χ1n) is 7.12. The van der Waals surface area contributed by atoms with Gasteiger partial charge in [-0.05, 0) is 18.9 Å². The molecular formula is C16H19N3OS. The number of rotatable bonds is 4. The standard InChI is InChI=1S/C16H19N3OS/c1-5-6-18-13-7-11(4)21-15(13)12-8-17-19(9-10(2)3)16(20)14(12)18/h5,7-8,10H,1,6,9H2,2-4H3. The topological polar surface area (TPSA) is 39.8 Å². The average molecular weight is 301 g/mol. The van der Waals surface area contributed by atoms with Gasteiger partial charge in [0.25, 0.3) is 5.56 Å². The Labute approximate surface area is 127 Å². The fourth-order valence-electron chi connectivity index (χ4n) is 2.71. The molecule has 0 N–H and O–H groups in total. The summed E-state index contributed by atoms with van der Waals surface area (Å²) < 4.78 is 4.77. The molecule has 0 amide bonds. The summed E-state index contributed by atoms with van der Waals surface area (Å²) in [6.07, 6.45) is 3.66. The smallest absolute Gasteiger partial charge is 0.291 e. The van der Waals surface area contributed by atoms with Gasteiger partial charge in [-0.1, -0.05) is 19.9 Å². The fraction of sp³-hybridized carbons (Fsp3) is 0.375. The zero-order chi connectivity index (χ0) is 15.1. The van der Waals surface area contributed by atoms with Crippen LogP contribution in [0.25, 0.3) is 21.1 Å². The van der Waals surface area contributed by atoms with Gasteiger partial charge in [0.2, 0.25) is 0 Å². The number of thiophene rings is 1. The minimum atomic E-state index is -0.0101. The molecule has 5 heteroatoms. The second-order valence-corrected chi connectivity index (χ2v) is 7.01. The molecule has 3 rings (SSSR count). The normalized spacial score (nSPS) is 11.8. The molecule has 0 radical (unpaired) electrons. The van der Waals surface area contributed by atoms with Crippen LogP contribution in [0.1, 0.15) is 18.7 Å². The van der Waals surface area contributed by atoms with E-state index < -0.39 is 0 Å². The molecule has 0 aliphatic carbocycles. The molecule has 0 saturated carbocycles. The fourth-order valence-corrected chi connectivity index (χ4v) is 3.74. The van der Waals surface area contributed by atoms with Crippen molar-refractivity contribution in [2.45, 2.75) is 33.9 Å². The molecule has 3 aromatic heterocycles. The summed E-state index contributed by atoms with van der Waals surface area (Å²) in [5.41, 5.74) is 1.84. The maximum Gasteiger partial charge on any atom is 0.291 e. The van der Waals surface area contributed by atoms with Gasteiger partial charge in [-0.3, -0.25) is 4.79 Å². The van der Waals surface area contributed by atoms with E-state index in [2.05, 4.69) is 43.1 Å². The first kappa shape index (κ1) is 14.1. The second-order valence-electron chi connectivity index (χ2n) is 5.76. The van der Waals surface area contributed by atoms with Crippen LogP contribution >= 0.6 is 11.3 Å². The first-order valence-corrected chi connectivity index (χ1v) is 7.94. The van der Waals surface area contributed by atoms with Crippen molar-refractivity contribution in [2.75, 3.05) is 0 Å². The van der Waals surface area contributed by atoms with Gasteiger partial charge < -0.3 is 4.57 Å². The van der Waals surface area contributed by atoms with Crippen LogP contribution < -0.4 is 5.56 Å². The highest BCUT2D eigenvalue weighted by Gasteiger charge is 2.17. The van der Waals surface area contributed by atoms with Crippen molar-refractivity contribution in [2.24, 2.45) is 5.92 Å². The van der Waals surface area contributed by atoms with Gasteiger partial charge in [-0.15, -0.1) is 17.9 Å². The lowest BCUT2D eigenvalue weighted by Gasteiger charge is -2.08. The molecule has 0 spiro atoms. The number of nitrogens with zero attached hydrogens (tertiary/aromatic N) is 3. The third-order valence-corrected chi connectivity index (χ3v) is 4.58. The van der Waals surface area contributed by atoms with Crippen molar-refractivity contribution in [3.8, 4) is 0 Å². The van der Waals surface area contributed by atoms with Crippen LogP contribution in [-0.2, 0) is 13.1 Å². The highest BCUT2D eigenvalue weighted by atomic mass is 32.1. The van der Waals surface area contributed by atoms with E-state index in [0.29, 0.717) is 19.0 Å². The van der Waals surface area contributed by atoms with Crippen molar-refractivity contribution < 1.29 is 0 Å². The Morgan fingerprint density at radius 1 is 1.48 bits per heavy atom. The molecule has 21 heavy (non-hydrogen) atoms. The Balaban J connectivity index is 2.38. The summed E-state index contributed by atoms with van der Waals surface area (Å²) in [6.45, 7) is 11.3. The second kappa shape index (κ2) is 5.15. The van der Waals surface area contributed by atoms with Gasteiger partial charge in [0.15, 0.2) is 0 Å². The molecule has 0 atom stereocenters. The summed E-state index contributed by atoms with van der Waals surface area (Å²) in [4.78, 5) is 14.0. The first-order chi connectivity index (χ1) is 10.0. The molecule has 0 aliphatic heterocycles. The van der Waals surface area contributed by atoms with E-state index in [9.17, 15) is 4.79 Å². The lowest BCUT2D eigenvalue weighted by Crippen LogP contribution is -2.26. The maximum absolute atomic E-state index is 12.8. The Morgan fingerprint density at radius 2 is 2.24 bits per heavy atom. The van der Waals surface area contributed by atoms with E-state index in [0.717, 1.165) is 21.1 Å². The van der Waals surface area contributed by atoms with Gasteiger partial charge in [0, 0.05) is 23.4 Å². The predicted octanol–water partition coefficient (Wildman–Crippen LogP) is 3.56. The van der Waals surface area contributed by atoms with Gasteiger partial charge in [0.05, 0.1) is 16.4 Å². The lowest BCUT2D eigenvalue weighted by atomic mass is 10.2. The summed E-state index contributed by atoms with van der Waals surface area (Å²) in [5.74, 6) is 0.388. The predicted molar refractivity (Wildman–Crippen MR) is 89.1 cm³/mol. The SMILES string of the molecule is C=CCn1c2cc(C)sc2c2cnn(CC(C)C)c(=O)c21. The number of aromatic nitrogens is 3. The van der Waals surface area contributed by atoms with E-state index in [1.165, 1.54) is 4.88 Å². The van der Waals surface area contributed by atoms with Crippen LogP contribution in [0.2, 0.25) is 0 Å². The largest absolute Gasteiger partial charge is 0.331 e. The molecule has 110 valence electrons. The number of aryl methyl sites for hydroxylation is 1. The third-order valence-electron chi connectivity index (χ3n) is 3.51. The molecule has 4 nitrogen and oxygen atoms in total. The van der Waals surface area contributed by atoms with Crippen LogP contribution in [0.4, 0.5) is 0 Å². The minimum absolute atomic E-state index is 0.0101. The monoisotopic (exact) mass is 301 g/mol. The van der Waals surface area contributed by atoms with E-state index in [4.69, 9.17) is 0 Å². The van der Waals surface area contributed by atoms with E-state index in [1.807, 2.05) is 12.3 Å². The van der Waals surface area contributed by atoms with E-state index in [1.54, 1.807) is 16.0 Å². The molecule has 3 aromatic rings. The summed E-state index contributed by atoms with van der Waals surface area (Å²) >= 11 is 1.71. The highest BCUT2D eigenvalue weighted by molar-refractivity contribution is 7.20. The Hall–Kier alpha value is -1.88. The molecular weight excluding hydrogens is 282 g/mol. The number of hydrogen-bond donors (Lipinski definition) is 0. The highest BCUT2D eigenvalue weighted by Crippen LogP contribution is 2.33. The molecule has 0 unspecified atom stereocenters. The van der Waals surface area contributed by atoms with Crippen molar-refractivity contribution in [3.63, 3.8) is 0 Å². The quantitative estimate of drug-likeness (QED) is 0.691. The summed E-state index contributed by atoms with van der Waals surface area (Å²) in [5, 5.41) is 5.30. The number of hydrogen-bond acceptors (Lipinski definition) is 3. The van der Waals surface area contributed by atoms with Gasteiger partial charge in [-0.25, -0.2) is 4.68 Å². The zero-order valence-electron chi connectivity index (χ0n) is 12.6. The average Bonchev–Trinajstić information content (AvgIpc) is 2.91. The van der Waals surface area contributed by atoms with Crippen LogP contribution in [0.3, 0.4) is 0 Å². The Morgan fingerprint density at radius 3 is 2.90 bits per heavy atom. The van der Waals surface area contributed by atoms with Crippen LogP contribution in [0.5, 0.6) is 0 Å². The van der Waals surface area contributed by atoms with Crippen molar-refractivity contribution in [1.82, 2.24) is 14.3 Å². The molecule has 0 bridgehead atoms. The van der Waals surface area contributed by atoms with Crippen molar-refractivity contribution >= 4 is 32.5 Å². The molecule has 0 aliphatic rings. The van der Waals surface area contributed by atoms with Crippen molar-refractivity contribution in [1.29, 1.82) is 0 Å². The third kappa shape index (κ3) is 2.21. The molecule has 0 saturated heterocycles. The zero-order valence-corrected chi connectivity index (χ0v) is 13.4. The minimum Gasteiger partial charge on any atom is -0.331 e. The number of fused-ring (bicyclic) bond motifs is 3. The Kier molecular flexibility index (Phi) is 3.45. The summed E-state index contributed by atoms with van der Waals surface area (Å²) in [6, 6.07) is 2.13. The van der Waals surface area contributed by atoms with Crippen LogP contribution in [-0.4, -0.2) is 14.3 Å². The van der Waals surface area contributed by atoms with Gasteiger partial charge in [-0.2, -0.15) is 5.10 Å². The van der Waals surface area contributed by atoms with E-state index >= 15 is 0 Å². The number of allylic oxidation sites excluding steroid dienone is 1. The van der Waals surface area contributed by atoms with Crippen molar-refractivity contribution in [3.05, 3.63) is 40.1 Å². The molecule has 3 heterocycles. The van der Waals surface area contributed by atoms with E-state index in [-0.39, 0.29) is 5.56 Å². The van der Waals surface area contributed by atoms with Crippen LogP contribution in [0, 0.1) is 12.8 Å². The Bertz CT molecular complexity index is 882. The van der Waals surface area contributed by atoms with Gasteiger partial charge in [0.1, 0.15) is 5.52 Å². The molecule has 0 fully saturated rings. The van der Waals surface area contributed by atoms with Gasteiger partial charge >= 0.3 is 0 Å². The van der Waals surface area contributed by atoms with Crippen LogP contribution in [0.15, 0.2) is 29.7 Å². The maximum atomic E-state index is 12.8. The summed E-state index contributed by atoms with van der Waals surface area (Å²) in [7, 11) is 0.